The largest absolute Gasteiger partial charge is 0.369 e. The molecule has 4 nitrogen and oxygen atoms in total. The van der Waals surface area contributed by atoms with Crippen LogP contribution in [-0.4, -0.2) is 38.9 Å². The summed E-state index contributed by atoms with van der Waals surface area (Å²) in [5, 5.41) is -0.185. The molecule has 1 heterocycles. The molecule has 0 unspecified atom stereocenters. The topological polar surface area (TPSA) is 40.6 Å². The van der Waals surface area contributed by atoms with Crippen LogP contribution in [0.2, 0.25) is 5.02 Å². The summed E-state index contributed by atoms with van der Waals surface area (Å²) in [5.41, 5.74) is 3.57. The van der Waals surface area contributed by atoms with Crippen molar-refractivity contribution in [3.63, 3.8) is 0 Å². The van der Waals surface area contributed by atoms with Crippen LogP contribution in [-0.2, 0) is 10.0 Å². The van der Waals surface area contributed by atoms with Gasteiger partial charge in [-0.3, -0.25) is 0 Å². The van der Waals surface area contributed by atoms with Crippen molar-refractivity contribution in [1.82, 2.24) is 4.31 Å². The SMILES string of the molecule is Cc1cccc(N2CCN(S(=O)(=O)c3ccc(F)c(Cl)c3)CC2)c1C. The van der Waals surface area contributed by atoms with E-state index in [1.165, 1.54) is 27.6 Å². The highest BCUT2D eigenvalue weighted by Crippen LogP contribution is 2.27. The molecule has 7 heteroatoms. The van der Waals surface area contributed by atoms with Crippen molar-refractivity contribution in [3.8, 4) is 0 Å². The van der Waals surface area contributed by atoms with Gasteiger partial charge >= 0.3 is 0 Å². The summed E-state index contributed by atoms with van der Waals surface area (Å²) in [6, 6.07) is 9.66. The fourth-order valence-corrected chi connectivity index (χ4v) is 4.73. The zero-order valence-electron chi connectivity index (χ0n) is 14.2. The Bertz CT molecular complexity index is 894. The van der Waals surface area contributed by atoms with Gasteiger partial charge in [0.25, 0.3) is 0 Å². The molecule has 0 bridgehead atoms. The fraction of sp³-hybridized carbons (Fsp3) is 0.333. The number of aryl methyl sites for hydroxylation is 1. The molecule has 0 saturated carbocycles. The number of piperazine rings is 1. The van der Waals surface area contributed by atoms with Crippen LogP contribution in [0.25, 0.3) is 0 Å². The number of nitrogens with zero attached hydrogens (tertiary/aromatic N) is 2. The number of benzene rings is 2. The van der Waals surface area contributed by atoms with E-state index in [2.05, 4.69) is 30.9 Å². The van der Waals surface area contributed by atoms with Gasteiger partial charge in [-0.25, -0.2) is 12.8 Å². The van der Waals surface area contributed by atoms with E-state index in [1.54, 1.807) is 0 Å². The Labute approximate surface area is 152 Å². The second kappa shape index (κ2) is 6.94. The summed E-state index contributed by atoms with van der Waals surface area (Å²) in [6.07, 6.45) is 0. The van der Waals surface area contributed by atoms with E-state index in [-0.39, 0.29) is 9.92 Å². The van der Waals surface area contributed by atoms with Gasteiger partial charge in [0.1, 0.15) is 5.82 Å². The Morgan fingerprint density at radius 3 is 2.36 bits per heavy atom. The molecule has 3 rings (SSSR count). The summed E-state index contributed by atoms with van der Waals surface area (Å²) in [5.74, 6) is -0.625. The maximum absolute atomic E-state index is 13.3. The summed E-state index contributed by atoms with van der Waals surface area (Å²) in [6.45, 7) is 6.12. The quantitative estimate of drug-likeness (QED) is 0.814. The zero-order valence-corrected chi connectivity index (χ0v) is 15.7. The molecule has 0 amide bonds. The lowest BCUT2D eigenvalue weighted by Gasteiger charge is -2.36. The molecule has 0 radical (unpaired) electrons. The van der Waals surface area contributed by atoms with Crippen LogP contribution in [0.15, 0.2) is 41.3 Å². The van der Waals surface area contributed by atoms with Gasteiger partial charge in [-0.15, -0.1) is 0 Å². The third-order valence-corrected chi connectivity index (χ3v) is 6.87. The minimum atomic E-state index is -3.67. The molecule has 0 spiro atoms. The normalized spacial score (nSPS) is 16.2. The summed E-state index contributed by atoms with van der Waals surface area (Å²) < 4.78 is 40.2. The van der Waals surface area contributed by atoms with E-state index < -0.39 is 15.8 Å². The molecule has 1 aliphatic rings. The first-order chi connectivity index (χ1) is 11.8. The van der Waals surface area contributed by atoms with Crippen LogP contribution < -0.4 is 4.90 Å². The third kappa shape index (κ3) is 3.52. The second-order valence-electron chi connectivity index (χ2n) is 6.19. The maximum Gasteiger partial charge on any atom is 0.243 e. The lowest BCUT2D eigenvalue weighted by molar-refractivity contribution is 0.384. The van der Waals surface area contributed by atoms with Crippen LogP contribution >= 0.6 is 11.6 Å². The van der Waals surface area contributed by atoms with E-state index in [9.17, 15) is 12.8 Å². The molecule has 1 aliphatic heterocycles. The van der Waals surface area contributed by atoms with Gasteiger partial charge in [0.05, 0.1) is 9.92 Å². The highest BCUT2D eigenvalue weighted by atomic mass is 35.5. The third-order valence-electron chi connectivity index (χ3n) is 4.68. The van der Waals surface area contributed by atoms with Gasteiger partial charge in [-0.05, 0) is 49.2 Å². The Hall–Kier alpha value is -1.63. The minimum Gasteiger partial charge on any atom is -0.369 e. The first-order valence-corrected chi connectivity index (χ1v) is 9.89. The average Bonchev–Trinajstić information content (AvgIpc) is 2.60. The molecule has 0 N–H and O–H groups in total. The smallest absolute Gasteiger partial charge is 0.243 e. The van der Waals surface area contributed by atoms with E-state index in [4.69, 9.17) is 11.6 Å². The summed E-state index contributed by atoms with van der Waals surface area (Å²) in [4.78, 5) is 2.23. The van der Waals surface area contributed by atoms with Crippen molar-refractivity contribution < 1.29 is 12.8 Å². The fourth-order valence-electron chi connectivity index (χ4n) is 3.03. The van der Waals surface area contributed by atoms with E-state index >= 15 is 0 Å². The van der Waals surface area contributed by atoms with Crippen molar-refractivity contribution >= 4 is 27.3 Å². The maximum atomic E-state index is 13.3. The lowest BCUT2D eigenvalue weighted by atomic mass is 10.1. The summed E-state index contributed by atoms with van der Waals surface area (Å²) >= 11 is 5.73. The van der Waals surface area contributed by atoms with Crippen molar-refractivity contribution in [3.05, 3.63) is 58.4 Å². The predicted molar refractivity (Wildman–Crippen MR) is 98.3 cm³/mol. The molecule has 0 aliphatic carbocycles. The van der Waals surface area contributed by atoms with Crippen molar-refractivity contribution in [2.75, 3.05) is 31.1 Å². The van der Waals surface area contributed by atoms with E-state index in [1.807, 2.05) is 6.07 Å². The number of halogens is 2. The van der Waals surface area contributed by atoms with Crippen LogP contribution in [0.4, 0.5) is 10.1 Å². The number of anilines is 1. The standard InChI is InChI=1S/C18H20ClFN2O2S/c1-13-4-3-5-18(14(13)2)21-8-10-22(11-9-21)25(23,24)15-6-7-17(20)16(19)12-15/h3-7,12H,8-11H2,1-2H3. The zero-order chi connectivity index (χ0) is 18.2. The Morgan fingerprint density at radius 1 is 1.04 bits per heavy atom. The van der Waals surface area contributed by atoms with Gasteiger partial charge in [0, 0.05) is 31.9 Å². The Kier molecular flexibility index (Phi) is 5.04. The molecule has 0 aromatic heterocycles. The van der Waals surface area contributed by atoms with Gasteiger partial charge < -0.3 is 4.90 Å². The molecular weight excluding hydrogens is 363 g/mol. The molecule has 134 valence electrons. The Morgan fingerprint density at radius 2 is 1.72 bits per heavy atom. The lowest BCUT2D eigenvalue weighted by Crippen LogP contribution is -2.48. The van der Waals surface area contributed by atoms with Crippen LogP contribution in [0.1, 0.15) is 11.1 Å². The highest BCUT2D eigenvalue weighted by molar-refractivity contribution is 7.89. The molecule has 1 saturated heterocycles. The number of hydrogen-bond donors (Lipinski definition) is 0. The van der Waals surface area contributed by atoms with E-state index in [0.29, 0.717) is 26.2 Å². The van der Waals surface area contributed by atoms with Crippen molar-refractivity contribution in [2.24, 2.45) is 0 Å². The average molecular weight is 383 g/mol. The summed E-state index contributed by atoms with van der Waals surface area (Å²) in [7, 11) is -3.67. The van der Waals surface area contributed by atoms with Crippen LogP contribution in [0.5, 0.6) is 0 Å². The molecular formula is C18H20ClFN2O2S. The van der Waals surface area contributed by atoms with Crippen molar-refractivity contribution in [1.29, 1.82) is 0 Å². The molecule has 2 aromatic rings. The minimum absolute atomic E-state index is 0.0269. The van der Waals surface area contributed by atoms with Crippen molar-refractivity contribution in [2.45, 2.75) is 18.7 Å². The van der Waals surface area contributed by atoms with Gasteiger partial charge in [-0.2, -0.15) is 4.31 Å². The monoisotopic (exact) mass is 382 g/mol. The first-order valence-electron chi connectivity index (χ1n) is 8.07. The first kappa shape index (κ1) is 18.2. The number of rotatable bonds is 3. The number of hydrogen-bond acceptors (Lipinski definition) is 3. The number of sulfonamides is 1. The molecule has 25 heavy (non-hydrogen) atoms. The molecule has 0 atom stereocenters. The highest BCUT2D eigenvalue weighted by Gasteiger charge is 2.29. The second-order valence-corrected chi connectivity index (χ2v) is 8.53. The predicted octanol–water partition coefficient (Wildman–Crippen LogP) is 3.61. The van der Waals surface area contributed by atoms with Gasteiger partial charge in [-0.1, -0.05) is 23.7 Å². The molecule has 2 aromatic carbocycles. The Balaban J connectivity index is 1.77. The van der Waals surface area contributed by atoms with Crippen LogP contribution in [0, 0.1) is 19.7 Å². The van der Waals surface area contributed by atoms with E-state index in [0.717, 1.165) is 11.8 Å². The van der Waals surface area contributed by atoms with Crippen LogP contribution in [0.3, 0.4) is 0 Å². The molecule has 1 fully saturated rings. The van der Waals surface area contributed by atoms with Gasteiger partial charge in [0.15, 0.2) is 0 Å². The van der Waals surface area contributed by atoms with Gasteiger partial charge in [0.2, 0.25) is 10.0 Å².